The van der Waals surface area contributed by atoms with Crippen molar-refractivity contribution in [2.45, 2.75) is 63.3 Å². The van der Waals surface area contributed by atoms with Gasteiger partial charge in [-0.2, -0.15) is 9.97 Å². The molecule has 0 N–H and O–H groups in total. The Morgan fingerprint density at radius 1 is 0.886 bits per heavy atom. The van der Waals surface area contributed by atoms with Crippen molar-refractivity contribution in [1.82, 2.24) is 24.7 Å². The summed E-state index contributed by atoms with van der Waals surface area (Å²) in [7, 11) is 3.27. The summed E-state index contributed by atoms with van der Waals surface area (Å²) in [5, 5.41) is 0. The number of nitrogens with zero attached hydrogens (tertiary/aromatic N) is 5. The molecule has 6 rings (SSSR count). The highest BCUT2D eigenvalue weighted by Gasteiger charge is 2.43. The SMILES string of the molecule is COCC(=O)N1CCN2[C@H](CN(Cc3c(OC)nc(C4CC4)nc3OC(C)C)C[C@H]2C(c2ccccc2)c2ccccc2)C1. The van der Waals surface area contributed by atoms with Gasteiger partial charge in [-0.15, -0.1) is 0 Å². The molecular formula is C35H45N5O4. The number of methoxy groups -OCH3 is 2. The molecule has 234 valence electrons. The Kier molecular flexibility index (Phi) is 9.44. The molecule has 3 heterocycles. The minimum absolute atomic E-state index is 0.0238. The van der Waals surface area contributed by atoms with Crippen molar-refractivity contribution in [3.63, 3.8) is 0 Å². The second-order valence-corrected chi connectivity index (χ2v) is 12.5. The summed E-state index contributed by atoms with van der Waals surface area (Å²) in [5.74, 6) is 2.62. The monoisotopic (exact) mass is 599 g/mol. The lowest BCUT2D eigenvalue weighted by Gasteiger charge is -2.53. The number of rotatable bonds is 11. The molecule has 9 nitrogen and oxygen atoms in total. The highest BCUT2D eigenvalue weighted by atomic mass is 16.5. The van der Waals surface area contributed by atoms with Crippen LogP contribution in [0.1, 0.15) is 61.0 Å². The summed E-state index contributed by atoms with van der Waals surface area (Å²) in [6, 6.07) is 22.0. The molecule has 0 spiro atoms. The van der Waals surface area contributed by atoms with Crippen molar-refractivity contribution in [1.29, 1.82) is 0 Å². The summed E-state index contributed by atoms with van der Waals surface area (Å²) in [6.45, 7) is 8.58. The van der Waals surface area contributed by atoms with E-state index in [4.69, 9.17) is 24.2 Å². The molecule has 2 aliphatic heterocycles. The van der Waals surface area contributed by atoms with Crippen LogP contribution in [-0.4, -0.2) is 102 Å². The number of carbonyl (C=O) groups excluding carboxylic acids is 1. The van der Waals surface area contributed by atoms with Crippen LogP contribution in [0.15, 0.2) is 60.7 Å². The van der Waals surface area contributed by atoms with E-state index in [0.717, 1.165) is 43.9 Å². The molecule has 3 aromatic rings. The molecule has 1 aliphatic carbocycles. The second kappa shape index (κ2) is 13.6. The number of benzene rings is 2. The summed E-state index contributed by atoms with van der Waals surface area (Å²) < 4.78 is 17.4. The van der Waals surface area contributed by atoms with E-state index < -0.39 is 0 Å². The fraction of sp³-hybridized carbons (Fsp3) is 0.514. The Morgan fingerprint density at radius 3 is 2.14 bits per heavy atom. The third kappa shape index (κ3) is 6.75. The fourth-order valence-electron chi connectivity index (χ4n) is 6.87. The molecule has 9 heteroatoms. The van der Waals surface area contributed by atoms with Gasteiger partial charge in [-0.25, -0.2) is 0 Å². The topological polar surface area (TPSA) is 80.3 Å². The first-order valence-corrected chi connectivity index (χ1v) is 15.9. The van der Waals surface area contributed by atoms with Gasteiger partial charge in [0.25, 0.3) is 0 Å². The summed E-state index contributed by atoms with van der Waals surface area (Å²) in [4.78, 5) is 29.8. The summed E-state index contributed by atoms with van der Waals surface area (Å²) >= 11 is 0. The van der Waals surface area contributed by atoms with Gasteiger partial charge in [0.2, 0.25) is 17.7 Å². The highest BCUT2D eigenvalue weighted by Crippen LogP contribution is 2.42. The molecule has 2 aromatic carbocycles. The molecule has 0 bridgehead atoms. The van der Waals surface area contributed by atoms with Crippen LogP contribution in [0, 0.1) is 0 Å². The van der Waals surface area contributed by atoms with Crippen LogP contribution >= 0.6 is 0 Å². The minimum atomic E-state index is -0.0238. The maximum Gasteiger partial charge on any atom is 0.248 e. The quantitative estimate of drug-likeness (QED) is 0.323. The molecule has 3 fully saturated rings. The number of aromatic nitrogens is 2. The normalized spacial score (nSPS) is 21.0. The van der Waals surface area contributed by atoms with Gasteiger partial charge < -0.3 is 19.1 Å². The Morgan fingerprint density at radius 2 is 1.55 bits per heavy atom. The maximum atomic E-state index is 12.9. The first-order chi connectivity index (χ1) is 21.4. The zero-order valence-electron chi connectivity index (χ0n) is 26.4. The van der Waals surface area contributed by atoms with E-state index in [1.165, 1.54) is 11.1 Å². The molecule has 0 unspecified atom stereocenters. The largest absolute Gasteiger partial charge is 0.481 e. The number of carbonyl (C=O) groups is 1. The Labute approximate surface area is 261 Å². The van der Waals surface area contributed by atoms with E-state index in [2.05, 4.69) is 70.5 Å². The van der Waals surface area contributed by atoms with E-state index >= 15 is 0 Å². The standard InChI is InChI=1S/C35H45N5O4/c1-24(2)44-35-29(34(43-4)36-33(37-35)27-15-16-27)21-38-19-28-20-39(31(41)23-42-3)17-18-40(28)30(22-38)32(25-11-7-5-8-12-25)26-13-9-6-10-14-26/h5-14,24,27-28,30,32H,15-23H2,1-4H3/t28-,30+/m1/s1. The van der Waals surface area contributed by atoms with Crippen LogP contribution in [-0.2, 0) is 16.1 Å². The fourth-order valence-corrected chi connectivity index (χ4v) is 6.87. The zero-order valence-corrected chi connectivity index (χ0v) is 26.4. The van der Waals surface area contributed by atoms with E-state index in [1.54, 1.807) is 14.2 Å². The molecule has 3 aliphatic rings. The van der Waals surface area contributed by atoms with Gasteiger partial charge in [-0.05, 0) is 37.8 Å². The summed E-state index contributed by atoms with van der Waals surface area (Å²) in [5.41, 5.74) is 3.47. The van der Waals surface area contributed by atoms with E-state index in [9.17, 15) is 4.79 Å². The maximum absolute atomic E-state index is 12.9. The van der Waals surface area contributed by atoms with Crippen LogP contribution in [0.2, 0.25) is 0 Å². The van der Waals surface area contributed by atoms with E-state index in [0.29, 0.717) is 37.3 Å². The highest BCUT2D eigenvalue weighted by molar-refractivity contribution is 5.77. The number of hydrogen-bond donors (Lipinski definition) is 0. The average molecular weight is 600 g/mol. The molecule has 2 atom stereocenters. The van der Waals surface area contributed by atoms with Crippen LogP contribution in [0.4, 0.5) is 0 Å². The minimum Gasteiger partial charge on any atom is -0.481 e. The van der Waals surface area contributed by atoms with Crippen molar-refractivity contribution in [2.24, 2.45) is 0 Å². The number of hydrogen-bond acceptors (Lipinski definition) is 8. The zero-order chi connectivity index (χ0) is 30.6. The van der Waals surface area contributed by atoms with Gasteiger partial charge in [0.1, 0.15) is 12.4 Å². The number of fused-ring (bicyclic) bond motifs is 1. The van der Waals surface area contributed by atoms with Gasteiger partial charge >= 0.3 is 0 Å². The predicted octanol–water partition coefficient (Wildman–Crippen LogP) is 4.33. The van der Waals surface area contributed by atoms with Crippen molar-refractivity contribution in [3.8, 4) is 11.8 Å². The second-order valence-electron chi connectivity index (χ2n) is 12.5. The third-order valence-corrected chi connectivity index (χ3v) is 9.00. The number of ether oxygens (including phenoxy) is 3. The van der Waals surface area contributed by atoms with Gasteiger partial charge in [0.15, 0.2) is 0 Å². The van der Waals surface area contributed by atoms with Gasteiger partial charge in [-0.1, -0.05) is 60.7 Å². The molecule has 1 amide bonds. The molecule has 44 heavy (non-hydrogen) atoms. The molecular weight excluding hydrogens is 554 g/mol. The lowest BCUT2D eigenvalue weighted by molar-refractivity contribution is -0.140. The Balaban J connectivity index is 1.37. The van der Waals surface area contributed by atoms with Crippen LogP contribution in [0.25, 0.3) is 0 Å². The number of piperazine rings is 2. The lowest BCUT2D eigenvalue weighted by atomic mass is 9.81. The molecule has 2 saturated heterocycles. The van der Waals surface area contributed by atoms with Gasteiger partial charge in [0.05, 0.1) is 18.8 Å². The van der Waals surface area contributed by atoms with Gasteiger partial charge in [-0.3, -0.25) is 14.6 Å². The van der Waals surface area contributed by atoms with Crippen molar-refractivity contribution < 1.29 is 19.0 Å². The van der Waals surface area contributed by atoms with Crippen LogP contribution < -0.4 is 9.47 Å². The van der Waals surface area contributed by atoms with Crippen molar-refractivity contribution in [2.75, 3.05) is 53.6 Å². The third-order valence-electron chi connectivity index (χ3n) is 9.00. The van der Waals surface area contributed by atoms with Crippen molar-refractivity contribution >= 4 is 5.91 Å². The van der Waals surface area contributed by atoms with Crippen LogP contribution in [0.5, 0.6) is 11.8 Å². The van der Waals surface area contributed by atoms with Gasteiger partial charge in [0, 0.05) is 70.3 Å². The first-order valence-electron chi connectivity index (χ1n) is 15.9. The van der Waals surface area contributed by atoms with E-state index in [1.807, 2.05) is 18.7 Å². The molecule has 1 aromatic heterocycles. The van der Waals surface area contributed by atoms with Crippen LogP contribution in [0.3, 0.4) is 0 Å². The predicted molar refractivity (Wildman–Crippen MR) is 169 cm³/mol. The lowest BCUT2D eigenvalue weighted by Crippen LogP contribution is -2.67. The first kappa shape index (κ1) is 30.5. The van der Waals surface area contributed by atoms with Crippen molar-refractivity contribution in [3.05, 3.63) is 83.2 Å². The summed E-state index contributed by atoms with van der Waals surface area (Å²) in [6.07, 6.45) is 2.19. The molecule has 1 saturated carbocycles. The Bertz CT molecular complexity index is 1360. The smallest absolute Gasteiger partial charge is 0.248 e. The van der Waals surface area contributed by atoms with E-state index in [-0.39, 0.29) is 36.6 Å². The number of amides is 1. The molecule has 0 radical (unpaired) electrons. The Hall–Kier alpha value is -3.53. The average Bonchev–Trinajstić information content (AvgIpc) is 3.88.